The van der Waals surface area contributed by atoms with Crippen LogP contribution in [0.1, 0.15) is 29.0 Å². The highest BCUT2D eigenvalue weighted by Gasteiger charge is 2.26. The summed E-state index contributed by atoms with van der Waals surface area (Å²) in [7, 11) is 5.37. The number of anilines is 2. The maximum atomic E-state index is 13.1. The molecule has 3 rings (SSSR count). The van der Waals surface area contributed by atoms with Crippen molar-refractivity contribution >= 4 is 23.2 Å². The summed E-state index contributed by atoms with van der Waals surface area (Å²) in [5.74, 6) is -0.123. The Morgan fingerprint density at radius 3 is 2.73 bits per heavy atom. The van der Waals surface area contributed by atoms with E-state index in [1.54, 1.807) is 17.0 Å². The standard InChI is InChI=1S/C22H29N3O5/c1-24(2)19-9-8-17(23-21(26)15-28-3)12-16(19)13-25(14-18-6-4-10-29-18)22(27)20-7-5-11-30-20/h5,7-9,11-12,18H,4,6,10,13-15H2,1-3H3,(H,23,26). The van der Waals surface area contributed by atoms with Crippen molar-refractivity contribution in [3.8, 4) is 0 Å². The lowest BCUT2D eigenvalue weighted by Gasteiger charge is -2.27. The number of amides is 2. The molecule has 1 saturated heterocycles. The fraction of sp³-hybridized carbons (Fsp3) is 0.455. The molecule has 2 amide bonds. The highest BCUT2D eigenvalue weighted by Crippen LogP contribution is 2.26. The minimum absolute atomic E-state index is 0.0105. The van der Waals surface area contributed by atoms with E-state index in [0.717, 1.165) is 30.7 Å². The highest BCUT2D eigenvalue weighted by atomic mass is 16.5. The van der Waals surface area contributed by atoms with Crippen molar-refractivity contribution in [2.45, 2.75) is 25.5 Å². The zero-order valence-electron chi connectivity index (χ0n) is 17.7. The van der Waals surface area contributed by atoms with E-state index in [0.29, 0.717) is 24.5 Å². The number of furan rings is 1. The van der Waals surface area contributed by atoms with Gasteiger partial charge in [0.15, 0.2) is 5.76 Å². The molecule has 30 heavy (non-hydrogen) atoms. The second kappa shape index (κ2) is 10.3. The van der Waals surface area contributed by atoms with Gasteiger partial charge >= 0.3 is 0 Å². The maximum absolute atomic E-state index is 13.1. The lowest BCUT2D eigenvalue weighted by Crippen LogP contribution is -2.37. The van der Waals surface area contributed by atoms with Gasteiger partial charge < -0.3 is 29.0 Å². The number of nitrogens with zero attached hydrogens (tertiary/aromatic N) is 2. The first kappa shape index (κ1) is 21.9. The molecule has 0 saturated carbocycles. The molecule has 2 aromatic rings. The second-order valence-corrected chi connectivity index (χ2v) is 7.52. The van der Waals surface area contributed by atoms with E-state index in [2.05, 4.69) is 5.32 Å². The number of hydrogen-bond acceptors (Lipinski definition) is 6. The number of methoxy groups -OCH3 is 1. The predicted molar refractivity (Wildman–Crippen MR) is 114 cm³/mol. The Kier molecular flexibility index (Phi) is 7.48. The predicted octanol–water partition coefficient (Wildman–Crippen LogP) is 2.75. The SMILES string of the molecule is COCC(=O)Nc1ccc(N(C)C)c(CN(CC2CCCO2)C(=O)c2ccco2)c1. The number of ether oxygens (including phenoxy) is 2. The van der Waals surface area contributed by atoms with Crippen molar-refractivity contribution in [3.63, 3.8) is 0 Å². The molecule has 0 radical (unpaired) electrons. The van der Waals surface area contributed by atoms with E-state index in [-0.39, 0.29) is 24.5 Å². The molecule has 1 unspecified atom stereocenters. The summed E-state index contributed by atoms with van der Waals surface area (Å²) < 4.78 is 16.0. The van der Waals surface area contributed by atoms with Gasteiger partial charge in [-0.15, -0.1) is 0 Å². The third-order valence-corrected chi connectivity index (χ3v) is 4.95. The average Bonchev–Trinajstić information content (AvgIpc) is 3.41. The van der Waals surface area contributed by atoms with Gasteiger partial charge in [-0.2, -0.15) is 0 Å². The van der Waals surface area contributed by atoms with Crippen LogP contribution in [-0.4, -0.2) is 63.8 Å². The van der Waals surface area contributed by atoms with Gasteiger partial charge in [-0.05, 0) is 48.7 Å². The Bertz CT molecular complexity index is 844. The highest BCUT2D eigenvalue weighted by molar-refractivity contribution is 5.93. The Balaban J connectivity index is 1.86. The van der Waals surface area contributed by atoms with Gasteiger partial charge in [-0.1, -0.05) is 0 Å². The molecule has 2 heterocycles. The molecular formula is C22H29N3O5. The van der Waals surface area contributed by atoms with Gasteiger partial charge in [0.1, 0.15) is 6.61 Å². The smallest absolute Gasteiger partial charge is 0.289 e. The average molecular weight is 415 g/mol. The van der Waals surface area contributed by atoms with Crippen LogP contribution in [0.5, 0.6) is 0 Å². The second-order valence-electron chi connectivity index (χ2n) is 7.52. The maximum Gasteiger partial charge on any atom is 0.289 e. The van der Waals surface area contributed by atoms with Crippen LogP contribution in [0, 0.1) is 0 Å². The summed E-state index contributed by atoms with van der Waals surface area (Å²) >= 11 is 0. The molecular weight excluding hydrogens is 386 g/mol. The monoisotopic (exact) mass is 415 g/mol. The molecule has 8 nitrogen and oxygen atoms in total. The molecule has 0 bridgehead atoms. The molecule has 1 fully saturated rings. The fourth-order valence-corrected chi connectivity index (χ4v) is 3.57. The van der Waals surface area contributed by atoms with E-state index < -0.39 is 0 Å². The molecule has 1 N–H and O–H groups in total. The normalized spacial score (nSPS) is 15.8. The van der Waals surface area contributed by atoms with Crippen molar-refractivity contribution in [1.82, 2.24) is 4.90 Å². The van der Waals surface area contributed by atoms with Gasteiger partial charge in [0.2, 0.25) is 5.91 Å². The van der Waals surface area contributed by atoms with Crippen molar-refractivity contribution in [1.29, 1.82) is 0 Å². The summed E-state index contributed by atoms with van der Waals surface area (Å²) in [6.45, 7) is 1.54. The van der Waals surface area contributed by atoms with Crippen molar-refractivity contribution in [2.75, 3.05) is 51.2 Å². The van der Waals surface area contributed by atoms with Crippen LogP contribution < -0.4 is 10.2 Å². The third-order valence-electron chi connectivity index (χ3n) is 4.95. The van der Waals surface area contributed by atoms with Crippen LogP contribution in [0.3, 0.4) is 0 Å². The summed E-state index contributed by atoms with van der Waals surface area (Å²) in [4.78, 5) is 28.8. The number of nitrogens with one attached hydrogen (secondary N) is 1. The fourth-order valence-electron chi connectivity index (χ4n) is 3.57. The summed E-state index contributed by atoms with van der Waals surface area (Å²) in [6.07, 6.45) is 3.43. The quantitative estimate of drug-likeness (QED) is 0.678. The molecule has 1 atom stereocenters. The number of carbonyl (C=O) groups excluding carboxylic acids is 2. The first-order chi connectivity index (χ1) is 14.5. The molecule has 1 aliphatic rings. The van der Waals surface area contributed by atoms with Crippen LogP contribution in [0.2, 0.25) is 0 Å². The zero-order chi connectivity index (χ0) is 21.5. The van der Waals surface area contributed by atoms with Crippen molar-refractivity contribution in [3.05, 3.63) is 47.9 Å². The van der Waals surface area contributed by atoms with Gasteiger partial charge in [0.05, 0.1) is 12.4 Å². The largest absolute Gasteiger partial charge is 0.459 e. The molecule has 162 valence electrons. The van der Waals surface area contributed by atoms with Crippen LogP contribution >= 0.6 is 0 Å². The molecule has 0 spiro atoms. The van der Waals surface area contributed by atoms with E-state index in [4.69, 9.17) is 13.9 Å². The lowest BCUT2D eigenvalue weighted by atomic mass is 10.1. The zero-order valence-corrected chi connectivity index (χ0v) is 17.7. The summed E-state index contributed by atoms with van der Waals surface area (Å²) in [6, 6.07) is 9.03. The Morgan fingerprint density at radius 1 is 1.27 bits per heavy atom. The molecule has 1 aromatic carbocycles. The van der Waals surface area contributed by atoms with E-state index in [1.807, 2.05) is 37.2 Å². The van der Waals surface area contributed by atoms with E-state index in [9.17, 15) is 9.59 Å². The number of hydrogen-bond donors (Lipinski definition) is 1. The van der Waals surface area contributed by atoms with Crippen LogP contribution in [-0.2, 0) is 20.8 Å². The molecule has 8 heteroatoms. The van der Waals surface area contributed by atoms with Gasteiger partial charge in [-0.25, -0.2) is 0 Å². The topological polar surface area (TPSA) is 84.3 Å². The van der Waals surface area contributed by atoms with Crippen molar-refractivity contribution < 1.29 is 23.5 Å². The van der Waals surface area contributed by atoms with Gasteiger partial charge in [-0.3, -0.25) is 9.59 Å². The Hall–Kier alpha value is -2.84. The van der Waals surface area contributed by atoms with Crippen LogP contribution in [0.25, 0.3) is 0 Å². The van der Waals surface area contributed by atoms with Gasteiger partial charge in [0.25, 0.3) is 5.91 Å². The number of carbonyl (C=O) groups is 2. The minimum atomic E-state index is -0.232. The lowest BCUT2D eigenvalue weighted by molar-refractivity contribution is -0.119. The first-order valence-electron chi connectivity index (χ1n) is 10.0. The van der Waals surface area contributed by atoms with Crippen molar-refractivity contribution in [2.24, 2.45) is 0 Å². The summed E-state index contributed by atoms with van der Waals surface area (Å²) in [5, 5.41) is 2.82. The minimum Gasteiger partial charge on any atom is -0.459 e. The first-order valence-corrected chi connectivity index (χ1v) is 10.0. The Morgan fingerprint density at radius 2 is 2.10 bits per heavy atom. The third kappa shape index (κ3) is 5.61. The number of rotatable bonds is 9. The van der Waals surface area contributed by atoms with E-state index >= 15 is 0 Å². The van der Waals surface area contributed by atoms with E-state index in [1.165, 1.54) is 13.4 Å². The molecule has 1 aromatic heterocycles. The molecule has 1 aliphatic heterocycles. The summed E-state index contributed by atoms with van der Waals surface area (Å²) in [5.41, 5.74) is 2.53. The molecule has 0 aliphatic carbocycles. The van der Waals surface area contributed by atoms with Crippen LogP contribution in [0.4, 0.5) is 11.4 Å². The van der Waals surface area contributed by atoms with Gasteiger partial charge in [0, 0.05) is 52.3 Å². The Labute approximate surface area is 176 Å². The number of benzene rings is 1. The van der Waals surface area contributed by atoms with Crippen LogP contribution in [0.15, 0.2) is 41.0 Å².